The number of nitro groups is 1. The minimum absolute atomic E-state index is 0.0245. The fourth-order valence-corrected chi connectivity index (χ4v) is 1.30. The highest BCUT2D eigenvalue weighted by atomic mass is 16.6. The number of nitrogens with one attached hydrogen (secondary N) is 1. The molecule has 0 atom stereocenters. The number of anilines is 1. The zero-order valence-corrected chi connectivity index (χ0v) is 8.85. The van der Waals surface area contributed by atoms with Crippen LogP contribution in [0, 0.1) is 10.1 Å². The largest absolute Gasteiger partial charge is 0.392 e. The third kappa shape index (κ3) is 3.18. The third-order valence-corrected chi connectivity index (χ3v) is 2.14. The van der Waals surface area contributed by atoms with Gasteiger partial charge in [-0.15, -0.1) is 0 Å². The first-order valence-corrected chi connectivity index (χ1v) is 5.01. The van der Waals surface area contributed by atoms with Crippen molar-refractivity contribution in [1.29, 1.82) is 0 Å². The molecule has 1 aromatic rings. The van der Waals surface area contributed by atoms with Crippen LogP contribution in [-0.2, 0) is 6.61 Å². The van der Waals surface area contributed by atoms with E-state index in [0.717, 1.165) is 6.42 Å². The highest BCUT2D eigenvalue weighted by Gasteiger charge is 2.13. The predicted octanol–water partition coefficient (Wildman–Crippen LogP) is 0.848. The van der Waals surface area contributed by atoms with Gasteiger partial charge in [0.25, 0.3) is 5.69 Å². The van der Waals surface area contributed by atoms with Crippen molar-refractivity contribution in [3.63, 3.8) is 0 Å². The number of nitro benzene ring substituents is 1. The second kappa shape index (κ2) is 6.04. The number of rotatable bonds is 6. The van der Waals surface area contributed by atoms with Crippen molar-refractivity contribution in [3.8, 4) is 0 Å². The Bertz CT molecular complexity index is 368. The van der Waals surface area contributed by atoms with Gasteiger partial charge in [-0.05, 0) is 24.6 Å². The topological polar surface area (TPSA) is 101 Å². The molecule has 0 fully saturated rings. The van der Waals surface area contributed by atoms with E-state index in [0.29, 0.717) is 24.3 Å². The van der Waals surface area contributed by atoms with E-state index >= 15 is 0 Å². The Morgan fingerprint density at radius 1 is 1.50 bits per heavy atom. The smallest absolute Gasteiger partial charge is 0.292 e. The fraction of sp³-hybridized carbons (Fsp3) is 0.400. The summed E-state index contributed by atoms with van der Waals surface area (Å²) >= 11 is 0. The molecule has 0 aliphatic carbocycles. The zero-order valence-electron chi connectivity index (χ0n) is 8.85. The number of benzene rings is 1. The Kier molecular flexibility index (Phi) is 4.68. The van der Waals surface area contributed by atoms with E-state index in [-0.39, 0.29) is 12.3 Å². The number of nitrogens with zero attached hydrogens (tertiary/aromatic N) is 1. The summed E-state index contributed by atoms with van der Waals surface area (Å²) in [6, 6.07) is 4.61. The Labute approximate surface area is 93.2 Å². The summed E-state index contributed by atoms with van der Waals surface area (Å²) in [6.45, 7) is 0.926. The van der Waals surface area contributed by atoms with Crippen LogP contribution in [0.25, 0.3) is 0 Å². The summed E-state index contributed by atoms with van der Waals surface area (Å²) in [4.78, 5) is 10.3. The second-order valence-electron chi connectivity index (χ2n) is 3.34. The maximum absolute atomic E-state index is 10.8. The highest BCUT2D eigenvalue weighted by Crippen LogP contribution is 2.25. The molecule has 0 saturated carbocycles. The van der Waals surface area contributed by atoms with Gasteiger partial charge in [0.15, 0.2) is 0 Å². The maximum Gasteiger partial charge on any atom is 0.292 e. The minimum Gasteiger partial charge on any atom is -0.392 e. The summed E-state index contributed by atoms with van der Waals surface area (Å²) in [5, 5.41) is 22.6. The van der Waals surface area contributed by atoms with Gasteiger partial charge in [0, 0.05) is 12.6 Å². The molecule has 0 heterocycles. The van der Waals surface area contributed by atoms with E-state index in [2.05, 4.69) is 5.32 Å². The number of aliphatic hydroxyl groups excluding tert-OH is 1. The summed E-state index contributed by atoms with van der Waals surface area (Å²) in [6.07, 6.45) is 0.749. The van der Waals surface area contributed by atoms with Crippen molar-refractivity contribution in [2.45, 2.75) is 13.0 Å². The quantitative estimate of drug-likeness (QED) is 0.378. The number of hydrogen-bond acceptors (Lipinski definition) is 5. The Morgan fingerprint density at radius 2 is 2.25 bits per heavy atom. The Morgan fingerprint density at radius 3 is 2.81 bits per heavy atom. The van der Waals surface area contributed by atoms with Crippen LogP contribution in [0.2, 0.25) is 0 Å². The van der Waals surface area contributed by atoms with E-state index in [1.807, 2.05) is 0 Å². The normalized spacial score (nSPS) is 10.1. The molecule has 88 valence electrons. The van der Waals surface area contributed by atoms with E-state index in [1.165, 1.54) is 6.07 Å². The molecule has 0 saturated heterocycles. The van der Waals surface area contributed by atoms with Crippen LogP contribution >= 0.6 is 0 Å². The first-order valence-electron chi connectivity index (χ1n) is 5.01. The second-order valence-corrected chi connectivity index (χ2v) is 3.34. The van der Waals surface area contributed by atoms with Gasteiger partial charge >= 0.3 is 0 Å². The monoisotopic (exact) mass is 225 g/mol. The van der Waals surface area contributed by atoms with E-state index in [4.69, 9.17) is 10.8 Å². The molecule has 0 spiro atoms. The van der Waals surface area contributed by atoms with Crippen molar-refractivity contribution >= 4 is 11.4 Å². The van der Waals surface area contributed by atoms with E-state index in [1.54, 1.807) is 12.1 Å². The van der Waals surface area contributed by atoms with Crippen LogP contribution in [-0.4, -0.2) is 23.1 Å². The van der Waals surface area contributed by atoms with Gasteiger partial charge in [-0.25, -0.2) is 0 Å². The molecule has 6 heteroatoms. The molecule has 0 aliphatic heterocycles. The average molecular weight is 225 g/mol. The van der Waals surface area contributed by atoms with Crippen molar-refractivity contribution < 1.29 is 10.0 Å². The molecule has 16 heavy (non-hydrogen) atoms. The molecule has 1 rings (SSSR count). The SMILES string of the molecule is NCCCNc1ccc(CO)cc1[N+](=O)[O-]. The first-order chi connectivity index (χ1) is 7.69. The summed E-state index contributed by atoms with van der Waals surface area (Å²) in [5.74, 6) is 0. The lowest BCUT2D eigenvalue weighted by Gasteiger charge is -2.07. The van der Waals surface area contributed by atoms with Crippen LogP contribution in [0.5, 0.6) is 0 Å². The lowest BCUT2D eigenvalue weighted by Crippen LogP contribution is -2.09. The molecule has 0 bridgehead atoms. The van der Waals surface area contributed by atoms with Gasteiger partial charge in [-0.3, -0.25) is 10.1 Å². The average Bonchev–Trinajstić information content (AvgIpc) is 2.29. The molecule has 0 unspecified atom stereocenters. The van der Waals surface area contributed by atoms with Gasteiger partial charge < -0.3 is 16.2 Å². The molecular weight excluding hydrogens is 210 g/mol. The van der Waals surface area contributed by atoms with Crippen molar-refractivity contribution in [2.24, 2.45) is 5.73 Å². The van der Waals surface area contributed by atoms with Gasteiger partial charge in [-0.1, -0.05) is 6.07 Å². The van der Waals surface area contributed by atoms with Crippen LogP contribution in [0.15, 0.2) is 18.2 Å². The minimum atomic E-state index is -0.468. The van der Waals surface area contributed by atoms with Gasteiger partial charge in [0.05, 0.1) is 11.5 Å². The van der Waals surface area contributed by atoms with Crippen LogP contribution < -0.4 is 11.1 Å². The van der Waals surface area contributed by atoms with Crippen LogP contribution in [0.3, 0.4) is 0 Å². The van der Waals surface area contributed by atoms with Crippen molar-refractivity contribution in [3.05, 3.63) is 33.9 Å². The predicted molar refractivity (Wildman–Crippen MR) is 61.2 cm³/mol. The zero-order chi connectivity index (χ0) is 12.0. The molecule has 0 aromatic heterocycles. The number of hydrogen-bond donors (Lipinski definition) is 3. The number of nitrogens with two attached hydrogens (primary N) is 1. The molecule has 0 radical (unpaired) electrons. The van der Waals surface area contributed by atoms with Crippen molar-refractivity contribution in [1.82, 2.24) is 0 Å². The molecule has 1 aromatic carbocycles. The van der Waals surface area contributed by atoms with E-state index in [9.17, 15) is 10.1 Å². The lowest BCUT2D eigenvalue weighted by atomic mass is 10.2. The van der Waals surface area contributed by atoms with Crippen LogP contribution in [0.1, 0.15) is 12.0 Å². The van der Waals surface area contributed by atoms with E-state index < -0.39 is 4.92 Å². The summed E-state index contributed by atoms with van der Waals surface area (Å²) in [7, 11) is 0. The standard InChI is InChI=1S/C10H15N3O3/c11-4-1-5-12-9-3-2-8(7-14)6-10(9)13(15)16/h2-3,6,12,14H,1,4-5,7,11H2. The van der Waals surface area contributed by atoms with Gasteiger partial charge in [-0.2, -0.15) is 0 Å². The summed E-state index contributed by atoms with van der Waals surface area (Å²) in [5.41, 5.74) is 6.28. The molecule has 6 nitrogen and oxygen atoms in total. The fourth-order valence-electron chi connectivity index (χ4n) is 1.30. The first kappa shape index (κ1) is 12.4. The Hall–Kier alpha value is -1.66. The van der Waals surface area contributed by atoms with Crippen LogP contribution in [0.4, 0.5) is 11.4 Å². The molecule has 0 amide bonds. The van der Waals surface area contributed by atoms with Gasteiger partial charge in [0.1, 0.15) is 5.69 Å². The lowest BCUT2D eigenvalue weighted by molar-refractivity contribution is -0.384. The van der Waals surface area contributed by atoms with Crippen molar-refractivity contribution in [2.75, 3.05) is 18.4 Å². The highest BCUT2D eigenvalue weighted by molar-refractivity contribution is 5.62. The third-order valence-electron chi connectivity index (χ3n) is 2.14. The summed E-state index contributed by atoms with van der Waals surface area (Å²) < 4.78 is 0. The molecule has 0 aliphatic rings. The molecule has 4 N–H and O–H groups in total. The maximum atomic E-state index is 10.8. The van der Waals surface area contributed by atoms with Gasteiger partial charge in [0.2, 0.25) is 0 Å². The molecular formula is C10H15N3O3. The number of aliphatic hydroxyl groups is 1. The Balaban J connectivity index is 2.85.